The molecule has 1 aromatic carbocycles. The van der Waals surface area contributed by atoms with Gasteiger partial charge in [-0.05, 0) is 43.5 Å². The summed E-state index contributed by atoms with van der Waals surface area (Å²) >= 11 is 5.84. The topological polar surface area (TPSA) is 35.8 Å². The van der Waals surface area contributed by atoms with Crippen molar-refractivity contribution >= 4 is 11.6 Å². The Labute approximate surface area is 94.9 Å². The highest BCUT2D eigenvalue weighted by molar-refractivity contribution is 6.30. The molecule has 1 N–H and O–H groups in total. The van der Waals surface area contributed by atoms with E-state index in [1.165, 1.54) is 0 Å². The Hall–Kier alpha value is -1.04. The van der Waals surface area contributed by atoms with Gasteiger partial charge in [0.05, 0.1) is 6.07 Å². The second kappa shape index (κ2) is 4.22. The lowest BCUT2D eigenvalue weighted by molar-refractivity contribution is 0.330. The maximum Gasteiger partial charge on any atom is 0.132 e. The first-order valence-electron chi connectivity index (χ1n) is 5.19. The monoisotopic (exact) mass is 220 g/mol. The van der Waals surface area contributed by atoms with Gasteiger partial charge in [0.2, 0.25) is 0 Å². The van der Waals surface area contributed by atoms with Crippen molar-refractivity contribution in [1.29, 1.82) is 5.26 Å². The summed E-state index contributed by atoms with van der Waals surface area (Å²) in [6, 6.07) is 9.95. The van der Waals surface area contributed by atoms with Crippen molar-refractivity contribution in [3.8, 4) is 6.07 Å². The Bertz CT molecular complexity index is 372. The Morgan fingerprint density at radius 3 is 2.53 bits per heavy atom. The molecule has 1 aliphatic rings. The zero-order valence-electron chi connectivity index (χ0n) is 8.46. The summed E-state index contributed by atoms with van der Waals surface area (Å²) in [6.45, 7) is 0.913. The van der Waals surface area contributed by atoms with Crippen LogP contribution in [-0.2, 0) is 5.54 Å². The lowest BCUT2D eigenvalue weighted by Gasteiger charge is -2.32. The van der Waals surface area contributed by atoms with Gasteiger partial charge in [0.15, 0.2) is 0 Å². The average Bonchev–Trinajstić information content (AvgIpc) is 2.31. The predicted molar refractivity (Wildman–Crippen MR) is 60.6 cm³/mol. The van der Waals surface area contributed by atoms with Crippen LogP contribution in [-0.4, -0.2) is 6.54 Å². The molecule has 1 aliphatic heterocycles. The lowest BCUT2D eigenvalue weighted by atomic mass is 9.84. The highest BCUT2D eigenvalue weighted by atomic mass is 35.5. The van der Waals surface area contributed by atoms with E-state index in [1.54, 1.807) is 0 Å². The van der Waals surface area contributed by atoms with E-state index in [1.807, 2.05) is 24.3 Å². The molecular formula is C12H13ClN2. The summed E-state index contributed by atoms with van der Waals surface area (Å²) in [5, 5.41) is 13.3. The van der Waals surface area contributed by atoms with Crippen molar-refractivity contribution in [3.05, 3.63) is 34.9 Å². The van der Waals surface area contributed by atoms with Gasteiger partial charge < -0.3 is 0 Å². The second-order valence-electron chi connectivity index (χ2n) is 3.91. The fraction of sp³-hybridized carbons (Fsp3) is 0.417. The molecule has 2 rings (SSSR count). The third-order valence-electron chi connectivity index (χ3n) is 2.93. The fourth-order valence-electron chi connectivity index (χ4n) is 2.05. The van der Waals surface area contributed by atoms with E-state index >= 15 is 0 Å². The largest absolute Gasteiger partial charge is 0.296 e. The Kier molecular flexibility index (Phi) is 2.95. The van der Waals surface area contributed by atoms with Gasteiger partial charge in [-0.25, -0.2) is 0 Å². The molecule has 1 unspecified atom stereocenters. The Balaban J connectivity index is 2.33. The van der Waals surface area contributed by atoms with Crippen LogP contribution in [0.25, 0.3) is 0 Å². The molecule has 0 spiro atoms. The predicted octanol–water partition coefficient (Wildman–Crippen LogP) is 2.83. The number of nitrogens with zero attached hydrogens (tertiary/aromatic N) is 1. The molecule has 0 saturated carbocycles. The van der Waals surface area contributed by atoms with E-state index < -0.39 is 5.54 Å². The number of rotatable bonds is 1. The molecule has 1 heterocycles. The van der Waals surface area contributed by atoms with E-state index in [9.17, 15) is 5.26 Å². The van der Waals surface area contributed by atoms with Gasteiger partial charge >= 0.3 is 0 Å². The quantitative estimate of drug-likeness (QED) is 0.790. The highest BCUT2D eigenvalue weighted by Gasteiger charge is 2.33. The third-order valence-corrected chi connectivity index (χ3v) is 3.19. The molecule has 78 valence electrons. The first kappa shape index (κ1) is 10.5. The van der Waals surface area contributed by atoms with Crippen molar-refractivity contribution in [1.82, 2.24) is 5.32 Å². The van der Waals surface area contributed by atoms with Crippen LogP contribution in [0.4, 0.5) is 0 Å². The van der Waals surface area contributed by atoms with Crippen LogP contribution in [0, 0.1) is 11.3 Å². The first-order valence-corrected chi connectivity index (χ1v) is 5.57. The third kappa shape index (κ3) is 1.99. The van der Waals surface area contributed by atoms with Crippen molar-refractivity contribution in [2.45, 2.75) is 24.8 Å². The summed E-state index contributed by atoms with van der Waals surface area (Å²) in [5.74, 6) is 0. The van der Waals surface area contributed by atoms with E-state index in [0.29, 0.717) is 5.02 Å². The molecule has 0 aliphatic carbocycles. The van der Waals surface area contributed by atoms with Gasteiger partial charge in [-0.1, -0.05) is 23.7 Å². The van der Waals surface area contributed by atoms with Crippen LogP contribution < -0.4 is 5.32 Å². The number of nitriles is 1. The van der Waals surface area contributed by atoms with Gasteiger partial charge in [0, 0.05) is 5.02 Å². The zero-order valence-corrected chi connectivity index (χ0v) is 9.22. The summed E-state index contributed by atoms with van der Waals surface area (Å²) in [7, 11) is 0. The van der Waals surface area contributed by atoms with Crippen LogP contribution in [0.15, 0.2) is 24.3 Å². The molecule has 2 nitrogen and oxygen atoms in total. The first-order chi connectivity index (χ1) is 7.27. The van der Waals surface area contributed by atoms with Crippen LogP contribution in [0.1, 0.15) is 24.8 Å². The maximum atomic E-state index is 9.32. The van der Waals surface area contributed by atoms with Gasteiger partial charge in [-0.2, -0.15) is 5.26 Å². The number of halogens is 1. The molecule has 0 bridgehead atoms. The Morgan fingerprint density at radius 1 is 1.27 bits per heavy atom. The fourth-order valence-corrected chi connectivity index (χ4v) is 2.17. The molecule has 1 aromatic rings. The van der Waals surface area contributed by atoms with Crippen LogP contribution in [0.5, 0.6) is 0 Å². The van der Waals surface area contributed by atoms with Crippen LogP contribution in [0.2, 0.25) is 5.02 Å². The minimum Gasteiger partial charge on any atom is -0.296 e. The summed E-state index contributed by atoms with van der Waals surface area (Å²) in [5.41, 5.74) is 0.525. The second-order valence-corrected chi connectivity index (χ2v) is 4.34. The van der Waals surface area contributed by atoms with E-state index in [-0.39, 0.29) is 0 Å². The SMILES string of the molecule is N#CC1(c2ccc(Cl)cc2)CCCCN1. The van der Waals surface area contributed by atoms with Gasteiger partial charge in [0.25, 0.3) is 0 Å². The summed E-state index contributed by atoms with van der Waals surface area (Å²) < 4.78 is 0. The zero-order chi connectivity index (χ0) is 10.7. The van der Waals surface area contributed by atoms with E-state index in [0.717, 1.165) is 31.4 Å². The molecule has 1 saturated heterocycles. The number of benzene rings is 1. The van der Waals surface area contributed by atoms with Crippen molar-refractivity contribution in [3.63, 3.8) is 0 Å². The number of hydrogen-bond acceptors (Lipinski definition) is 2. The minimum atomic E-state index is -0.497. The minimum absolute atomic E-state index is 0.497. The normalized spacial score (nSPS) is 25.9. The summed E-state index contributed by atoms with van der Waals surface area (Å²) in [4.78, 5) is 0. The van der Waals surface area contributed by atoms with Crippen LogP contribution in [0.3, 0.4) is 0 Å². The molecule has 15 heavy (non-hydrogen) atoms. The lowest BCUT2D eigenvalue weighted by Crippen LogP contribution is -2.44. The molecule has 0 aromatic heterocycles. The van der Waals surface area contributed by atoms with Gasteiger partial charge in [0.1, 0.15) is 5.54 Å². The molecule has 3 heteroatoms. The molecular weight excluding hydrogens is 208 g/mol. The van der Waals surface area contributed by atoms with Crippen LogP contribution >= 0.6 is 11.6 Å². The standard InChI is InChI=1S/C12H13ClN2/c13-11-5-3-10(4-6-11)12(9-14)7-1-2-8-15-12/h3-6,15H,1-2,7-8H2. The molecule has 0 amide bonds. The van der Waals surface area contributed by atoms with Crippen molar-refractivity contribution in [2.75, 3.05) is 6.54 Å². The molecule has 1 atom stereocenters. The molecule has 1 fully saturated rings. The number of piperidine rings is 1. The number of hydrogen-bond donors (Lipinski definition) is 1. The molecule has 0 radical (unpaired) electrons. The summed E-state index contributed by atoms with van der Waals surface area (Å²) in [6.07, 6.45) is 3.13. The van der Waals surface area contributed by atoms with Crippen molar-refractivity contribution < 1.29 is 0 Å². The smallest absolute Gasteiger partial charge is 0.132 e. The van der Waals surface area contributed by atoms with Gasteiger partial charge in [-0.15, -0.1) is 0 Å². The maximum absolute atomic E-state index is 9.32. The van der Waals surface area contributed by atoms with Crippen molar-refractivity contribution in [2.24, 2.45) is 0 Å². The van der Waals surface area contributed by atoms with Gasteiger partial charge in [-0.3, -0.25) is 5.32 Å². The average molecular weight is 221 g/mol. The van der Waals surface area contributed by atoms with E-state index in [2.05, 4.69) is 11.4 Å². The number of nitrogens with one attached hydrogen (secondary N) is 1. The highest BCUT2D eigenvalue weighted by Crippen LogP contribution is 2.30. The Morgan fingerprint density at radius 2 is 2.00 bits per heavy atom. The van der Waals surface area contributed by atoms with E-state index in [4.69, 9.17) is 11.6 Å².